The van der Waals surface area contributed by atoms with Crippen LogP contribution in [0.2, 0.25) is 5.15 Å². The third kappa shape index (κ3) is 3.11. The molecule has 84 valence electrons. The van der Waals surface area contributed by atoms with E-state index in [2.05, 4.69) is 10.3 Å². The molecule has 0 atom stereocenters. The highest BCUT2D eigenvalue weighted by molar-refractivity contribution is 6.29. The van der Waals surface area contributed by atoms with Gasteiger partial charge in [-0.3, -0.25) is 4.79 Å². The van der Waals surface area contributed by atoms with Gasteiger partial charge in [-0.05, 0) is 12.1 Å². The van der Waals surface area contributed by atoms with E-state index in [1.807, 2.05) is 6.07 Å². The van der Waals surface area contributed by atoms with Gasteiger partial charge in [-0.25, -0.2) is 4.98 Å². The van der Waals surface area contributed by atoms with Crippen molar-refractivity contribution >= 4 is 23.3 Å². The number of rotatable bonds is 3. The Morgan fingerprint density at radius 2 is 2.38 bits per heavy atom. The highest BCUT2D eigenvalue weighted by Gasteiger charge is 2.09. The Morgan fingerprint density at radius 3 is 2.94 bits per heavy atom. The fourth-order valence-electron chi connectivity index (χ4n) is 1.12. The molecule has 0 fully saturated rings. The van der Waals surface area contributed by atoms with Crippen molar-refractivity contribution in [1.82, 2.24) is 10.3 Å². The summed E-state index contributed by atoms with van der Waals surface area (Å²) < 4.78 is 0. The largest absolute Gasteiger partial charge is 0.358 e. The molecular formula is C10H11ClN4O. The highest BCUT2D eigenvalue weighted by atomic mass is 35.5. The summed E-state index contributed by atoms with van der Waals surface area (Å²) in [7, 11) is 3.26. The number of hydrogen-bond donors (Lipinski definition) is 1. The predicted molar refractivity (Wildman–Crippen MR) is 61.3 cm³/mol. The van der Waals surface area contributed by atoms with Crippen molar-refractivity contribution < 1.29 is 4.79 Å². The number of nitrogens with one attached hydrogen (secondary N) is 1. The molecule has 0 saturated carbocycles. The van der Waals surface area contributed by atoms with Crippen molar-refractivity contribution in [3.8, 4) is 6.07 Å². The van der Waals surface area contributed by atoms with E-state index in [4.69, 9.17) is 16.9 Å². The third-order valence-corrected chi connectivity index (χ3v) is 2.15. The number of nitrogens with zero attached hydrogens (tertiary/aromatic N) is 3. The molecule has 0 unspecified atom stereocenters. The van der Waals surface area contributed by atoms with E-state index in [9.17, 15) is 4.79 Å². The van der Waals surface area contributed by atoms with E-state index >= 15 is 0 Å². The average molecular weight is 239 g/mol. The average Bonchev–Trinajstić information content (AvgIpc) is 2.27. The number of hydrogen-bond acceptors (Lipinski definition) is 4. The molecule has 0 aliphatic rings. The second kappa shape index (κ2) is 5.33. The predicted octanol–water partition coefficient (Wildman–Crippen LogP) is 0.789. The number of anilines is 1. The number of halogens is 1. The minimum Gasteiger partial charge on any atom is -0.358 e. The van der Waals surface area contributed by atoms with Crippen LogP contribution < -0.4 is 10.2 Å². The topological polar surface area (TPSA) is 69.0 Å². The maximum Gasteiger partial charge on any atom is 0.239 e. The summed E-state index contributed by atoms with van der Waals surface area (Å²) in [5, 5.41) is 11.5. The smallest absolute Gasteiger partial charge is 0.239 e. The minimum absolute atomic E-state index is 0.136. The first-order valence-electron chi connectivity index (χ1n) is 4.56. The maximum absolute atomic E-state index is 11.2. The van der Waals surface area contributed by atoms with Crippen LogP contribution in [0, 0.1) is 11.3 Å². The lowest BCUT2D eigenvalue weighted by molar-refractivity contribution is -0.119. The third-order valence-electron chi connectivity index (χ3n) is 1.96. The van der Waals surface area contributed by atoms with Crippen molar-refractivity contribution in [3.63, 3.8) is 0 Å². The van der Waals surface area contributed by atoms with Gasteiger partial charge in [0.2, 0.25) is 5.91 Å². The Bertz CT molecular complexity index is 441. The summed E-state index contributed by atoms with van der Waals surface area (Å²) in [5.74, 6) is 0.357. The van der Waals surface area contributed by atoms with Crippen LogP contribution in [0.5, 0.6) is 0 Å². The molecule has 1 N–H and O–H groups in total. The SMILES string of the molecule is CNC(=O)CN(C)c1cc(C#N)cc(Cl)n1. The molecule has 1 rings (SSSR count). The van der Waals surface area contributed by atoms with Gasteiger partial charge < -0.3 is 10.2 Å². The van der Waals surface area contributed by atoms with E-state index < -0.39 is 0 Å². The van der Waals surface area contributed by atoms with Crippen LogP contribution >= 0.6 is 11.6 Å². The maximum atomic E-state index is 11.2. The number of carbonyl (C=O) groups is 1. The monoisotopic (exact) mass is 238 g/mol. The molecule has 1 heterocycles. The zero-order valence-corrected chi connectivity index (χ0v) is 9.75. The Hall–Kier alpha value is -1.80. The normalized spacial score (nSPS) is 9.38. The van der Waals surface area contributed by atoms with Crippen LogP contribution in [-0.2, 0) is 4.79 Å². The van der Waals surface area contributed by atoms with Crippen LogP contribution in [0.1, 0.15) is 5.56 Å². The van der Waals surface area contributed by atoms with Crippen molar-refractivity contribution in [2.45, 2.75) is 0 Å². The Balaban J connectivity index is 2.91. The summed E-state index contributed by atoms with van der Waals surface area (Å²) in [5.41, 5.74) is 0.416. The van der Waals surface area contributed by atoms with Crippen molar-refractivity contribution in [2.24, 2.45) is 0 Å². The molecule has 6 heteroatoms. The molecule has 1 aromatic rings. The standard InChI is InChI=1S/C10H11ClN4O/c1-13-10(16)6-15(2)9-4-7(5-12)3-8(11)14-9/h3-4H,6H2,1-2H3,(H,13,16). The van der Waals surface area contributed by atoms with Gasteiger partial charge >= 0.3 is 0 Å². The number of pyridine rings is 1. The van der Waals surface area contributed by atoms with Gasteiger partial charge in [-0.2, -0.15) is 5.26 Å². The van der Waals surface area contributed by atoms with Gasteiger partial charge in [-0.15, -0.1) is 0 Å². The highest BCUT2D eigenvalue weighted by Crippen LogP contribution is 2.16. The molecule has 16 heavy (non-hydrogen) atoms. The quantitative estimate of drug-likeness (QED) is 0.791. The number of aromatic nitrogens is 1. The molecule has 1 aromatic heterocycles. The second-order valence-electron chi connectivity index (χ2n) is 3.18. The van der Waals surface area contributed by atoms with Crippen molar-refractivity contribution in [1.29, 1.82) is 5.26 Å². The Kier molecular flexibility index (Phi) is 4.09. The minimum atomic E-state index is -0.136. The lowest BCUT2D eigenvalue weighted by atomic mass is 10.3. The van der Waals surface area contributed by atoms with Crippen molar-refractivity contribution in [2.75, 3.05) is 25.5 Å². The van der Waals surface area contributed by atoms with Gasteiger partial charge in [0.1, 0.15) is 11.0 Å². The fraction of sp³-hybridized carbons (Fsp3) is 0.300. The van der Waals surface area contributed by atoms with Gasteiger partial charge in [0.05, 0.1) is 18.2 Å². The molecule has 0 spiro atoms. The molecule has 0 aliphatic heterocycles. The molecule has 1 amide bonds. The Morgan fingerprint density at radius 1 is 1.69 bits per heavy atom. The van der Waals surface area contributed by atoms with Gasteiger partial charge in [0.15, 0.2) is 0 Å². The summed E-state index contributed by atoms with van der Waals surface area (Å²) in [6.07, 6.45) is 0. The number of likely N-dealkylation sites (N-methyl/N-ethyl adjacent to an activating group) is 2. The summed E-state index contributed by atoms with van der Waals surface area (Å²) in [4.78, 5) is 16.8. The second-order valence-corrected chi connectivity index (χ2v) is 3.57. The summed E-state index contributed by atoms with van der Waals surface area (Å²) in [6.45, 7) is 0.161. The molecular weight excluding hydrogens is 228 g/mol. The first-order valence-corrected chi connectivity index (χ1v) is 4.94. The molecule has 0 radical (unpaired) electrons. The zero-order valence-electron chi connectivity index (χ0n) is 8.99. The van der Waals surface area contributed by atoms with Gasteiger partial charge in [0.25, 0.3) is 0 Å². The van der Waals surface area contributed by atoms with Gasteiger partial charge in [0, 0.05) is 14.1 Å². The van der Waals surface area contributed by atoms with E-state index in [1.165, 1.54) is 6.07 Å². The summed E-state index contributed by atoms with van der Waals surface area (Å²) in [6, 6.07) is 5.03. The van der Waals surface area contributed by atoms with Crippen LogP contribution in [0.3, 0.4) is 0 Å². The van der Waals surface area contributed by atoms with Gasteiger partial charge in [-0.1, -0.05) is 11.6 Å². The summed E-state index contributed by atoms with van der Waals surface area (Å²) >= 11 is 5.75. The molecule has 0 aliphatic carbocycles. The van der Waals surface area contributed by atoms with E-state index in [1.54, 1.807) is 25.1 Å². The zero-order chi connectivity index (χ0) is 12.1. The lowest BCUT2D eigenvalue weighted by Crippen LogP contribution is -2.33. The molecule has 5 nitrogen and oxygen atoms in total. The van der Waals surface area contributed by atoms with Crippen LogP contribution in [-0.4, -0.2) is 31.5 Å². The fourth-order valence-corrected chi connectivity index (χ4v) is 1.32. The van der Waals surface area contributed by atoms with Crippen LogP contribution in [0.4, 0.5) is 5.82 Å². The molecule has 0 saturated heterocycles. The number of amides is 1. The number of nitriles is 1. The molecule has 0 bridgehead atoms. The molecule has 0 aromatic carbocycles. The van der Waals surface area contributed by atoms with E-state index in [0.717, 1.165) is 0 Å². The van der Waals surface area contributed by atoms with E-state index in [0.29, 0.717) is 11.4 Å². The Labute approximate surface area is 98.6 Å². The van der Waals surface area contributed by atoms with Crippen LogP contribution in [0.15, 0.2) is 12.1 Å². The van der Waals surface area contributed by atoms with E-state index in [-0.39, 0.29) is 17.6 Å². The number of carbonyl (C=O) groups excluding carboxylic acids is 1. The first-order chi connectivity index (χ1) is 7.56. The lowest BCUT2D eigenvalue weighted by Gasteiger charge is -2.17. The van der Waals surface area contributed by atoms with Crippen molar-refractivity contribution in [3.05, 3.63) is 22.8 Å². The van der Waals surface area contributed by atoms with Crippen LogP contribution in [0.25, 0.3) is 0 Å². The first kappa shape index (κ1) is 12.3.